The maximum absolute atomic E-state index is 15.0. The van der Waals surface area contributed by atoms with E-state index in [4.69, 9.17) is 16.3 Å². The van der Waals surface area contributed by atoms with Crippen LogP contribution in [0.2, 0.25) is 5.02 Å². The van der Waals surface area contributed by atoms with E-state index in [1.807, 2.05) is 37.3 Å². The first-order valence-corrected chi connectivity index (χ1v) is 16.2. The Morgan fingerprint density at radius 2 is 1.56 bits per heavy atom. The molecule has 0 saturated carbocycles. The van der Waals surface area contributed by atoms with Crippen molar-refractivity contribution in [1.82, 2.24) is 10.2 Å². The summed E-state index contributed by atoms with van der Waals surface area (Å²) in [4.78, 5) is 29.2. The summed E-state index contributed by atoms with van der Waals surface area (Å²) in [6, 6.07) is 25.9. The molecule has 4 rings (SSSR count). The van der Waals surface area contributed by atoms with Crippen molar-refractivity contribution in [1.29, 1.82) is 0 Å². The highest BCUT2D eigenvalue weighted by Crippen LogP contribution is 2.27. The largest absolute Gasteiger partial charge is 0.497 e. The van der Waals surface area contributed by atoms with E-state index in [0.29, 0.717) is 23.7 Å². The van der Waals surface area contributed by atoms with Gasteiger partial charge < -0.3 is 15.0 Å². The third kappa shape index (κ3) is 8.61. The van der Waals surface area contributed by atoms with E-state index in [2.05, 4.69) is 5.32 Å². The van der Waals surface area contributed by atoms with E-state index in [1.54, 1.807) is 6.07 Å². The van der Waals surface area contributed by atoms with Gasteiger partial charge in [0.25, 0.3) is 10.0 Å². The molecule has 4 aromatic carbocycles. The lowest BCUT2D eigenvalue weighted by Gasteiger charge is -2.34. The van der Waals surface area contributed by atoms with Gasteiger partial charge in [-0.05, 0) is 66.6 Å². The molecule has 0 spiro atoms. The number of hydrogen-bond acceptors (Lipinski definition) is 5. The van der Waals surface area contributed by atoms with Gasteiger partial charge in [-0.2, -0.15) is 0 Å². The maximum atomic E-state index is 15.0. The van der Waals surface area contributed by atoms with Gasteiger partial charge in [-0.3, -0.25) is 13.9 Å². The molecule has 236 valence electrons. The van der Waals surface area contributed by atoms with Gasteiger partial charge in [-0.15, -0.1) is 0 Å². The average molecular weight is 652 g/mol. The van der Waals surface area contributed by atoms with Gasteiger partial charge in [0.05, 0.1) is 17.7 Å². The van der Waals surface area contributed by atoms with Crippen LogP contribution in [0.5, 0.6) is 5.75 Å². The van der Waals surface area contributed by atoms with E-state index in [0.717, 1.165) is 9.87 Å². The molecule has 1 unspecified atom stereocenters. The molecule has 1 N–H and O–H groups in total. The molecule has 0 saturated heterocycles. The Kier molecular flexibility index (Phi) is 11.6. The van der Waals surface area contributed by atoms with Crippen molar-refractivity contribution < 1.29 is 27.1 Å². The third-order valence-electron chi connectivity index (χ3n) is 7.16. The van der Waals surface area contributed by atoms with Crippen molar-refractivity contribution in [3.63, 3.8) is 0 Å². The van der Waals surface area contributed by atoms with E-state index < -0.39 is 40.2 Å². The molecule has 0 aliphatic rings. The van der Waals surface area contributed by atoms with Gasteiger partial charge in [0.1, 0.15) is 24.2 Å². The molecule has 4 aromatic rings. The van der Waals surface area contributed by atoms with Gasteiger partial charge in [0.15, 0.2) is 0 Å². The third-order valence-corrected chi connectivity index (χ3v) is 9.20. The lowest BCUT2D eigenvalue weighted by molar-refractivity contribution is -0.140. The summed E-state index contributed by atoms with van der Waals surface area (Å²) in [6.45, 7) is 1.34. The number of methoxy groups -OCH3 is 1. The van der Waals surface area contributed by atoms with Crippen LogP contribution in [0.3, 0.4) is 0 Å². The number of ether oxygens (including phenoxy) is 1. The first kappa shape index (κ1) is 33.5. The zero-order valence-corrected chi connectivity index (χ0v) is 26.6. The fraction of sp³-hybridized carbons (Fsp3) is 0.235. The number of sulfonamides is 1. The molecule has 11 heteroatoms. The lowest BCUT2D eigenvalue weighted by Crippen LogP contribution is -2.53. The number of nitrogens with zero attached hydrogens (tertiary/aromatic N) is 2. The Labute approximate surface area is 268 Å². The normalized spacial score (nSPS) is 11.8. The summed E-state index contributed by atoms with van der Waals surface area (Å²) in [6.07, 6.45) is 0.790. The van der Waals surface area contributed by atoms with Crippen molar-refractivity contribution in [2.24, 2.45) is 0 Å². The highest BCUT2D eigenvalue weighted by atomic mass is 35.5. The number of carbonyl (C=O) groups is 2. The molecule has 0 bridgehead atoms. The molecule has 2 amide bonds. The van der Waals surface area contributed by atoms with Crippen LogP contribution >= 0.6 is 11.6 Å². The van der Waals surface area contributed by atoms with Crippen molar-refractivity contribution in [3.8, 4) is 5.75 Å². The quantitative estimate of drug-likeness (QED) is 0.185. The summed E-state index contributed by atoms with van der Waals surface area (Å²) >= 11 is 6.10. The van der Waals surface area contributed by atoms with E-state index in [9.17, 15) is 22.4 Å². The van der Waals surface area contributed by atoms with E-state index in [-0.39, 0.29) is 29.1 Å². The number of carbonyl (C=O) groups excluding carboxylic acids is 2. The topological polar surface area (TPSA) is 96.0 Å². The molecular weight excluding hydrogens is 617 g/mol. The molecule has 0 aromatic heterocycles. The number of nitrogens with one attached hydrogen (secondary N) is 1. The van der Waals surface area contributed by atoms with Gasteiger partial charge in [-0.1, -0.05) is 67.1 Å². The minimum atomic E-state index is -4.31. The number of rotatable bonds is 14. The summed E-state index contributed by atoms with van der Waals surface area (Å²) in [5.41, 5.74) is 1.15. The number of anilines is 1. The first-order chi connectivity index (χ1) is 21.6. The summed E-state index contributed by atoms with van der Waals surface area (Å²) in [7, 11) is -2.84. The van der Waals surface area contributed by atoms with Crippen LogP contribution in [-0.4, -0.2) is 51.4 Å². The fourth-order valence-corrected chi connectivity index (χ4v) is 6.28. The zero-order valence-electron chi connectivity index (χ0n) is 25.0. The van der Waals surface area contributed by atoms with Crippen molar-refractivity contribution >= 4 is 39.1 Å². The van der Waals surface area contributed by atoms with Gasteiger partial charge in [-0.25, -0.2) is 12.8 Å². The van der Waals surface area contributed by atoms with Crippen LogP contribution < -0.4 is 14.4 Å². The number of benzene rings is 4. The SMILES string of the molecule is CCCNC(=O)C(Cc1ccccc1)N(Cc1ccccc1F)C(=O)CN(c1ccc(Cl)cc1)S(=O)(=O)c1ccc(OC)cc1. The summed E-state index contributed by atoms with van der Waals surface area (Å²) < 4.78 is 49.2. The fourth-order valence-electron chi connectivity index (χ4n) is 4.74. The minimum Gasteiger partial charge on any atom is -0.497 e. The maximum Gasteiger partial charge on any atom is 0.264 e. The number of hydrogen-bond donors (Lipinski definition) is 1. The smallest absolute Gasteiger partial charge is 0.264 e. The predicted molar refractivity (Wildman–Crippen MR) is 173 cm³/mol. The Morgan fingerprint density at radius 3 is 2.18 bits per heavy atom. The Bertz CT molecular complexity index is 1690. The molecule has 8 nitrogen and oxygen atoms in total. The van der Waals surface area contributed by atoms with Crippen molar-refractivity contribution in [3.05, 3.63) is 125 Å². The van der Waals surface area contributed by atoms with Gasteiger partial charge >= 0.3 is 0 Å². The van der Waals surface area contributed by atoms with Gasteiger partial charge in [0.2, 0.25) is 11.8 Å². The summed E-state index contributed by atoms with van der Waals surface area (Å²) in [5.74, 6) is -1.22. The molecule has 0 heterocycles. The minimum absolute atomic E-state index is 0.0757. The van der Waals surface area contributed by atoms with Crippen LogP contribution in [0, 0.1) is 5.82 Å². The predicted octanol–water partition coefficient (Wildman–Crippen LogP) is 5.85. The van der Waals surface area contributed by atoms with Crippen LogP contribution in [0.1, 0.15) is 24.5 Å². The van der Waals surface area contributed by atoms with Crippen LogP contribution in [0.4, 0.5) is 10.1 Å². The van der Waals surface area contributed by atoms with Crippen LogP contribution in [0.25, 0.3) is 0 Å². The average Bonchev–Trinajstić information content (AvgIpc) is 3.05. The molecule has 45 heavy (non-hydrogen) atoms. The van der Waals surface area contributed by atoms with Crippen molar-refractivity contribution in [2.75, 3.05) is 24.5 Å². The van der Waals surface area contributed by atoms with E-state index >= 15 is 0 Å². The van der Waals surface area contributed by atoms with E-state index in [1.165, 1.54) is 78.7 Å². The molecule has 1 atom stereocenters. The molecule has 0 fully saturated rings. The second-order valence-electron chi connectivity index (χ2n) is 10.3. The van der Waals surface area contributed by atoms with Crippen molar-refractivity contribution in [2.45, 2.75) is 37.2 Å². The molecular formula is C34H35ClFN3O5S. The monoisotopic (exact) mass is 651 g/mol. The molecule has 0 aliphatic heterocycles. The molecule has 0 radical (unpaired) electrons. The summed E-state index contributed by atoms with van der Waals surface area (Å²) in [5, 5.41) is 3.24. The highest BCUT2D eigenvalue weighted by molar-refractivity contribution is 7.92. The Balaban J connectivity index is 1.80. The number of halogens is 2. The van der Waals surface area contributed by atoms with Gasteiger partial charge in [0, 0.05) is 30.1 Å². The van der Waals surface area contributed by atoms with Crippen LogP contribution in [0.15, 0.2) is 108 Å². The zero-order chi connectivity index (χ0) is 32.4. The highest BCUT2D eigenvalue weighted by Gasteiger charge is 2.35. The Morgan fingerprint density at radius 1 is 0.911 bits per heavy atom. The number of amides is 2. The second kappa shape index (κ2) is 15.5. The first-order valence-electron chi connectivity index (χ1n) is 14.4. The lowest BCUT2D eigenvalue weighted by atomic mass is 10.0. The van der Waals surface area contributed by atoms with Crippen LogP contribution in [-0.2, 0) is 32.6 Å². The molecule has 0 aliphatic carbocycles. The second-order valence-corrected chi connectivity index (χ2v) is 12.6. The standard InChI is InChI=1S/C34H35ClFN3O5S/c1-3-21-37-34(41)32(22-25-9-5-4-6-10-25)38(23-26-11-7-8-12-31(26)36)33(40)24-39(28-15-13-27(35)14-16-28)45(42,43)30-19-17-29(44-2)18-20-30/h4-20,32H,3,21-24H2,1-2H3,(H,37,41). The Hall–Kier alpha value is -4.41.